The fourth-order valence-electron chi connectivity index (χ4n) is 3.05. The molecule has 1 aliphatic heterocycles. The van der Waals surface area contributed by atoms with Crippen LogP contribution in [0.1, 0.15) is 45.5 Å². The molecule has 3 rings (SSSR count). The van der Waals surface area contributed by atoms with Crippen molar-refractivity contribution in [2.75, 3.05) is 11.9 Å². The van der Waals surface area contributed by atoms with Crippen LogP contribution in [0.2, 0.25) is 0 Å². The van der Waals surface area contributed by atoms with Gasteiger partial charge in [0.15, 0.2) is 0 Å². The van der Waals surface area contributed by atoms with Crippen molar-refractivity contribution >= 4 is 23.4 Å². The molecular formula is C21H22FN3O3. The molecule has 1 atom stereocenters. The van der Waals surface area contributed by atoms with Crippen LogP contribution in [0.3, 0.4) is 0 Å². The summed E-state index contributed by atoms with van der Waals surface area (Å²) < 4.78 is 13.8. The van der Waals surface area contributed by atoms with E-state index in [9.17, 15) is 18.8 Å². The second-order valence-corrected chi connectivity index (χ2v) is 6.78. The van der Waals surface area contributed by atoms with Crippen LogP contribution in [0.15, 0.2) is 42.5 Å². The number of anilines is 1. The van der Waals surface area contributed by atoms with Crippen molar-refractivity contribution in [2.45, 2.75) is 32.2 Å². The lowest BCUT2D eigenvalue weighted by Crippen LogP contribution is -2.45. The number of aryl methyl sites for hydroxylation is 1. The lowest BCUT2D eigenvalue weighted by molar-refractivity contribution is -0.122. The molecule has 7 heteroatoms. The van der Waals surface area contributed by atoms with Gasteiger partial charge in [0.05, 0.1) is 5.56 Å². The zero-order chi connectivity index (χ0) is 20.1. The lowest BCUT2D eigenvalue weighted by Gasteiger charge is -2.16. The summed E-state index contributed by atoms with van der Waals surface area (Å²) in [7, 11) is 0. The smallest absolute Gasteiger partial charge is 0.258 e. The molecule has 1 saturated heterocycles. The van der Waals surface area contributed by atoms with Crippen molar-refractivity contribution in [1.29, 1.82) is 0 Å². The van der Waals surface area contributed by atoms with Crippen LogP contribution in [0.5, 0.6) is 0 Å². The Morgan fingerprint density at radius 3 is 2.68 bits per heavy atom. The van der Waals surface area contributed by atoms with Crippen molar-refractivity contribution in [2.24, 2.45) is 0 Å². The number of halogens is 1. The molecule has 0 aliphatic carbocycles. The molecule has 1 aliphatic rings. The third-order valence-corrected chi connectivity index (χ3v) is 4.71. The maximum absolute atomic E-state index is 13.8. The number of amides is 3. The van der Waals surface area contributed by atoms with Gasteiger partial charge in [0.25, 0.3) is 11.8 Å². The molecule has 0 bridgehead atoms. The van der Waals surface area contributed by atoms with Crippen molar-refractivity contribution in [3.05, 3.63) is 65.0 Å². The third-order valence-electron chi connectivity index (χ3n) is 4.71. The van der Waals surface area contributed by atoms with Crippen molar-refractivity contribution in [1.82, 2.24) is 10.6 Å². The van der Waals surface area contributed by atoms with Crippen LogP contribution in [-0.4, -0.2) is 30.3 Å². The average molecular weight is 383 g/mol. The molecule has 28 heavy (non-hydrogen) atoms. The van der Waals surface area contributed by atoms with Gasteiger partial charge in [-0.3, -0.25) is 14.4 Å². The van der Waals surface area contributed by atoms with Crippen LogP contribution < -0.4 is 16.0 Å². The maximum atomic E-state index is 13.8. The number of carbonyl (C=O) groups excluding carboxylic acids is 3. The maximum Gasteiger partial charge on any atom is 0.258 e. The zero-order valence-corrected chi connectivity index (χ0v) is 15.5. The van der Waals surface area contributed by atoms with Crippen molar-refractivity contribution in [3.8, 4) is 0 Å². The van der Waals surface area contributed by atoms with Crippen LogP contribution in [0, 0.1) is 12.7 Å². The molecule has 6 nitrogen and oxygen atoms in total. The molecule has 0 saturated carbocycles. The van der Waals surface area contributed by atoms with Crippen LogP contribution in [0.4, 0.5) is 10.1 Å². The van der Waals surface area contributed by atoms with E-state index in [4.69, 9.17) is 0 Å². The van der Waals surface area contributed by atoms with Gasteiger partial charge in [-0.05, 0) is 56.0 Å². The molecule has 3 amide bonds. The van der Waals surface area contributed by atoms with Gasteiger partial charge in [-0.2, -0.15) is 0 Å². The Kier molecular flexibility index (Phi) is 6.03. The monoisotopic (exact) mass is 383 g/mol. The van der Waals surface area contributed by atoms with Gasteiger partial charge in [-0.25, -0.2) is 4.39 Å². The fraction of sp³-hybridized carbons (Fsp3) is 0.286. The van der Waals surface area contributed by atoms with E-state index >= 15 is 0 Å². The van der Waals surface area contributed by atoms with E-state index in [-0.39, 0.29) is 11.5 Å². The van der Waals surface area contributed by atoms with Gasteiger partial charge >= 0.3 is 0 Å². The largest absolute Gasteiger partial charge is 0.354 e. The highest BCUT2D eigenvalue weighted by Gasteiger charge is 2.23. The molecule has 146 valence electrons. The highest BCUT2D eigenvalue weighted by atomic mass is 19.1. The standard InChI is InChI=1S/C21H22FN3O3/c1-13-9-10-14(19(26)24-17-8-4-5-11-23-21(17)28)12-18(13)25-20(27)15-6-2-3-7-16(15)22/h2-3,6-7,9-10,12,17H,4-5,8,11H2,1H3,(H,23,28)(H,24,26)(H,25,27). The summed E-state index contributed by atoms with van der Waals surface area (Å²) in [6.45, 7) is 2.39. The van der Waals surface area contributed by atoms with E-state index in [0.29, 0.717) is 24.2 Å². The summed E-state index contributed by atoms with van der Waals surface area (Å²) in [5.41, 5.74) is 1.37. The normalized spacial score (nSPS) is 16.6. The summed E-state index contributed by atoms with van der Waals surface area (Å²) in [5, 5.41) is 8.16. The molecule has 2 aromatic carbocycles. The number of nitrogens with one attached hydrogen (secondary N) is 3. The first kappa shape index (κ1) is 19.5. The number of benzene rings is 2. The Bertz CT molecular complexity index is 914. The van der Waals surface area contributed by atoms with Crippen LogP contribution >= 0.6 is 0 Å². The van der Waals surface area contributed by atoms with Gasteiger partial charge in [-0.15, -0.1) is 0 Å². The lowest BCUT2D eigenvalue weighted by atomic mass is 10.1. The quantitative estimate of drug-likeness (QED) is 0.759. The number of carbonyl (C=O) groups is 3. The van der Waals surface area contributed by atoms with E-state index in [0.717, 1.165) is 18.4 Å². The third kappa shape index (κ3) is 4.54. The Morgan fingerprint density at radius 2 is 1.89 bits per heavy atom. The molecule has 2 aromatic rings. The SMILES string of the molecule is Cc1ccc(C(=O)NC2CCCCNC2=O)cc1NC(=O)c1ccccc1F. The predicted molar refractivity (Wildman–Crippen MR) is 104 cm³/mol. The number of hydrogen-bond donors (Lipinski definition) is 3. The van der Waals surface area contributed by atoms with Gasteiger partial charge < -0.3 is 16.0 Å². The Balaban J connectivity index is 1.75. The number of hydrogen-bond acceptors (Lipinski definition) is 3. The number of rotatable bonds is 4. The summed E-state index contributed by atoms with van der Waals surface area (Å²) in [5.74, 6) is -1.80. The predicted octanol–water partition coefficient (Wildman–Crippen LogP) is 2.78. The molecular weight excluding hydrogens is 361 g/mol. The minimum atomic E-state index is -0.620. The Hall–Kier alpha value is -3.22. The first-order valence-electron chi connectivity index (χ1n) is 9.21. The summed E-state index contributed by atoms with van der Waals surface area (Å²) >= 11 is 0. The van der Waals surface area contributed by atoms with Gasteiger partial charge in [0, 0.05) is 17.8 Å². The van der Waals surface area contributed by atoms with Gasteiger partial charge in [0.1, 0.15) is 11.9 Å². The van der Waals surface area contributed by atoms with E-state index in [1.54, 1.807) is 25.1 Å². The minimum Gasteiger partial charge on any atom is -0.354 e. The first-order valence-corrected chi connectivity index (χ1v) is 9.21. The van der Waals surface area contributed by atoms with Crippen LogP contribution in [-0.2, 0) is 4.79 Å². The van der Waals surface area contributed by atoms with E-state index in [1.807, 2.05) is 0 Å². The molecule has 3 N–H and O–H groups in total. The topological polar surface area (TPSA) is 87.3 Å². The fourth-order valence-corrected chi connectivity index (χ4v) is 3.05. The van der Waals surface area contributed by atoms with E-state index < -0.39 is 23.7 Å². The van der Waals surface area contributed by atoms with Crippen molar-refractivity contribution < 1.29 is 18.8 Å². The molecule has 1 heterocycles. The highest BCUT2D eigenvalue weighted by molar-refractivity contribution is 6.06. The van der Waals surface area contributed by atoms with E-state index in [2.05, 4.69) is 16.0 Å². The summed E-state index contributed by atoms with van der Waals surface area (Å²) in [6.07, 6.45) is 2.32. The summed E-state index contributed by atoms with van der Waals surface area (Å²) in [6, 6.07) is 9.95. The minimum absolute atomic E-state index is 0.0770. The molecule has 1 fully saturated rings. The molecule has 1 unspecified atom stereocenters. The van der Waals surface area contributed by atoms with Gasteiger partial charge in [0.2, 0.25) is 5.91 Å². The average Bonchev–Trinajstić information content (AvgIpc) is 2.88. The molecule has 0 radical (unpaired) electrons. The zero-order valence-electron chi connectivity index (χ0n) is 15.5. The van der Waals surface area contributed by atoms with Crippen molar-refractivity contribution in [3.63, 3.8) is 0 Å². The second-order valence-electron chi connectivity index (χ2n) is 6.78. The molecule has 0 aromatic heterocycles. The second kappa shape index (κ2) is 8.65. The van der Waals surface area contributed by atoms with Crippen LogP contribution in [0.25, 0.3) is 0 Å². The Morgan fingerprint density at radius 1 is 1.11 bits per heavy atom. The van der Waals surface area contributed by atoms with E-state index in [1.165, 1.54) is 24.3 Å². The Labute approximate surface area is 162 Å². The first-order chi connectivity index (χ1) is 13.5. The highest BCUT2D eigenvalue weighted by Crippen LogP contribution is 2.19. The molecule has 0 spiro atoms. The summed E-state index contributed by atoms with van der Waals surface area (Å²) in [4.78, 5) is 37.0. The van der Waals surface area contributed by atoms with Gasteiger partial charge in [-0.1, -0.05) is 18.2 Å².